The maximum atomic E-state index is 11.5. The summed E-state index contributed by atoms with van der Waals surface area (Å²) < 4.78 is 9.85. The van der Waals surface area contributed by atoms with Gasteiger partial charge in [-0.25, -0.2) is 9.78 Å². The third-order valence-corrected chi connectivity index (χ3v) is 3.01. The van der Waals surface area contributed by atoms with Gasteiger partial charge in [-0.15, -0.1) is 0 Å². The molecule has 0 aliphatic carbocycles. The number of hydrogen-bond donors (Lipinski definition) is 1. The van der Waals surface area contributed by atoms with Crippen molar-refractivity contribution < 1.29 is 19.2 Å². The Morgan fingerprint density at radius 3 is 2.62 bits per heavy atom. The van der Waals surface area contributed by atoms with Crippen LogP contribution in [-0.2, 0) is 4.74 Å². The van der Waals surface area contributed by atoms with Crippen LogP contribution in [0.3, 0.4) is 0 Å². The van der Waals surface area contributed by atoms with Crippen molar-refractivity contribution in [3.8, 4) is 5.75 Å². The van der Waals surface area contributed by atoms with E-state index >= 15 is 0 Å². The molecule has 0 saturated heterocycles. The molecule has 2 aromatic rings. The summed E-state index contributed by atoms with van der Waals surface area (Å²) in [6.45, 7) is 0.952. The molecule has 0 radical (unpaired) electrons. The number of carbonyl (C=O) groups excluding carboxylic acids is 1. The number of nitrogens with zero attached hydrogens (tertiary/aromatic N) is 2. The minimum Gasteiger partial charge on any atom is -0.434 e. The molecule has 0 saturated carbocycles. The topological polar surface area (TPSA) is 104 Å². The highest BCUT2D eigenvalue weighted by Crippen LogP contribution is 2.17. The molecule has 2 rings (SSSR count). The molecule has 0 aliphatic rings. The lowest BCUT2D eigenvalue weighted by molar-refractivity contribution is -0.384. The molecule has 24 heavy (non-hydrogen) atoms. The zero-order valence-corrected chi connectivity index (χ0v) is 12.9. The highest BCUT2D eigenvalue weighted by Gasteiger charge is 2.08. The normalized spacial score (nSPS) is 10.0. The van der Waals surface area contributed by atoms with Gasteiger partial charge in [-0.3, -0.25) is 10.1 Å². The Morgan fingerprint density at radius 2 is 1.96 bits per heavy atom. The van der Waals surface area contributed by atoms with Crippen molar-refractivity contribution >= 4 is 17.7 Å². The predicted octanol–water partition coefficient (Wildman–Crippen LogP) is 3.40. The van der Waals surface area contributed by atoms with E-state index in [4.69, 9.17) is 9.47 Å². The van der Waals surface area contributed by atoms with Crippen LogP contribution in [0.25, 0.3) is 0 Å². The number of rotatable bonds is 8. The van der Waals surface area contributed by atoms with E-state index in [2.05, 4.69) is 10.3 Å². The number of hydrogen-bond acceptors (Lipinski definition) is 7. The lowest BCUT2D eigenvalue weighted by Gasteiger charge is -2.07. The van der Waals surface area contributed by atoms with Crippen LogP contribution in [0.15, 0.2) is 48.7 Å². The van der Waals surface area contributed by atoms with E-state index in [-0.39, 0.29) is 18.0 Å². The van der Waals surface area contributed by atoms with Gasteiger partial charge in [0.1, 0.15) is 11.6 Å². The monoisotopic (exact) mass is 331 g/mol. The third-order valence-electron chi connectivity index (χ3n) is 3.01. The Balaban J connectivity index is 1.58. The number of ether oxygens (including phenoxy) is 2. The third kappa shape index (κ3) is 5.91. The van der Waals surface area contributed by atoms with Crippen LogP contribution in [0.2, 0.25) is 0 Å². The van der Waals surface area contributed by atoms with Gasteiger partial charge >= 0.3 is 6.16 Å². The second-order valence-electron chi connectivity index (χ2n) is 4.80. The van der Waals surface area contributed by atoms with Gasteiger partial charge in [-0.1, -0.05) is 6.07 Å². The molecule has 0 aliphatic heterocycles. The molecule has 8 nitrogen and oxygen atoms in total. The molecule has 0 spiro atoms. The van der Waals surface area contributed by atoms with E-state index < -0.39 is 11.1 Å². The molecule has 0 atom stereocenters. The zero-order valence-electron chi connectivity index (χ0n) is 12.9. The Bertz CT molecular complexity index is 661. The maximum Gasteiger partial charge on any atom is 0.513 e. The van der Waals surface area contributed by atoms with Crippen molar-refractivity contribution in [2.24, 2.45) is 0 Å². The minimum absolute atomic E-state index is 0.0730. The number of pyridine rings is 1. The number of nitrogens with one attached hydrogen (secondary N) is 1. The second kappa shape index (κ2) is 9.09. The summed E-state index contributed by atoms with van der Waals surface area (Å²) in [6.07, 6.45) is 2.36. The first-order valence-electron chi connectivity index (χ1n) is 7.39. The van der Waals surface area contributed by atoms with Gasteiger partial charge in [-0.05, 0) is 37.1 Å². The summed E-state index contributed by atoms with van der Waals surface area (Å²) in [4.78, 5) is 25.6. The fourth-order valence-electron chi connectivity index (χ4n) is 1.83. The van der Waals surface area contributed by atoms with Crippen molar-refractivity contribution in [1.82, 2.24) is 4.98 Å². The van der Waals surface area contributed by atoms with Crippen LogP contribution >= 0.6 is 0 Å². The average Bonchev–Trinajstić information content (AvgIpc) is 2.59. The summed E-state index contributed by atoms with van der Waals surface area (Å²) in [5.41, 5.74) is -0.0730. The molecular weight excluding hydrogens is 314 g/mol. The van der Waals surface area contributed by atoms with Crippen molar-refractivity contribution in [3.63, 3.8) is 0 Å². The Kier molecular flexibility index (Phi) is 6.51. The maximum absolute atomic E-state index is 11.5. The number of non-ortho nitro benzene ring substituents is 1. The van der Waals surface area contributed by atoms with E-state index in [1.807, 2.05) is 18.2 Å². The van der Waals surface area contributed by atoms with Gasteiger partial charge < -0.3 is 14.8 Å². The fraction of sp³-hybridized carbons (Fsp3) is 0.250. The first-order chi connectivity index (χ1) is 11.6. The largest absolute Gasteiger partial charge is 0.513 e. The predicted molar refractivity (Wildman–Crippen MR) is 87.0 cm³/mol. The van der Waals surface area contributed by atoms with Crippen molar-refractivity contribution in [3.05, 3.63) is 58.8 Å². The van der Waals surface area contributed by atoms with Crippen LogP contribution in [0, 0.1) is 10.1 Å². The van der Waals surface area contributed by atoms with Gasteiger partial charge in [0.05, 0.1) is 11.5 Å². The van der Waals surface area contributed by atoms with Crippen LogP contribution in [0.1, 0.15) is 12.8 Å². The summed E-state index contributed by atoms with van der Waals surface area (Å²) >= 11 is 0. The van der Waals surface area contributed by atoms with Gasteiger partial charge in [0.25, 0.3) is 5.69 Å². The summed E-state index contributed by atoms with van der Waals surface area (Å²) in [5, 5.41) is 13.7. The average molecular weight is 331 g/mol. The summed E-state index contributed by atoms with van der Waals surface area (Å²) in [7, 11) is 0. The molecule has 1 aromatic heterocycles. The van der Waals surface area contributed by atoms with Gasteiger partial charge in [0.2, 0.25) is 0 Å². The Labute approximate surface area is 138 Å². The van der Waals surface area contributed by atoms with Crippen LogP contribution in [0.5, 0.6) is 5.75 Å². The molecule has 0 fully saturated rings. The highest BCUT2D eigenvalue weighted by atomic mass is 16.7. The molecule has 0 unspecified atom stereocenters. The molecule has 0 bridgehead atoms. The van der Waals surface area contributed by atoms with Crippen LogP contribution in [0.4, 0.5) is 16.3 Å². The molecule has 126 valence electrons. The molecule has 1 aromatic carbocycles. The summed E-state index contributed by atoms with van der Waals surface area (Å²) in [6, 6.07) is 10.8. The molecular formula is C16H17N3O5. The van der Waals surface area contributed by atoms with Crippen molar-refractivity contribution in [1.29, 1.82) is 0 Å². The summed E-state index contributed by atoms with van der Waals surface area (Å²) in [5.74, 6) is 0.999. The van der Waals surface area contributed by atoms with Crippen LogP contribution in [-0.4, -0.2) is 29.2 Å². The van der Waals surface area contributed by atoms with Crippen molar-refractivity contribution in [2.75, 3.05) is 18.5 Å². The second-order valence-corrected chi connectivity index (χ2v) is 4.80. The first kappa shape index (κ1) is 17.2. The number of benzene rings is 1. The number of aromatic nitrogens is 1. The lowest BCUT2D eigenvalue weighted by Crippen LogP contribution is -2.12. The standard InChI is InChI=1S/C16H17N3O5/c20-16(24-14-8-6-13(7-9-14)19(21)22)23-12-4-3-11-18-15-5-1-2-10-17-15/h1-2,5-10H,3-4,11-12H2,(H,17,18). The quantitative estimate of drug-likeness (QED) is 0.260. The number of nitro groups is 1. The van der Waals surface area contributed by atoms with Crippen molar-refractivity contribution in [2.45, 2.75) is 12.8 Å². The van der Waals surface area contributed by atoms with Gasteiger partial charge in [-0.2, -0.15) is 0 Å². The van der Waals surface area contributed by atoms with Crippen LogP contribution < -0.4 is 10.1 Å². The SMILES string of the molecule is O=C(OCCCCNc1ccccn1)Oc1ccc([N+](=O)[O-])cc1. The van der Waals surface area contributed by atoms with E-state index in [0.717, 1.165) is 18.8 Å². The number of carbonyl (C=O) groups is 1. The minimum atomic E-state index is -0.832. The zero-order chi connectivity index (χ0) is 17.2. The number of nitro benzene ring substituents is 1. The van der Waals surface area contributed by atoms with E-state index in [1.165, 1.54) is 24.3 Å². The highest BCUT2D eigenvalue weighted by molar-refractivity contribution is 5.63. The molecule has 1 N–H and O–H groups in total. The fourth-order valence-corrected chi connectivity index (χ4v) is 1.83. The molecule has 8 heteroatoms. The molecule has 1 heterocycles. The van der Waals surface area contributed by atoms with E-state index in [1.54, 1.807) is 6.20 Å². The number of unbranched alkanes of at least 4 members (excludes halogenated alkanes) is 1. The van der Waals surface area contributed by atoms with Gasteiger partial charge in [0.15, 0.2) is 0 Å². The smallest absolute Gasteiger partial charge is 0.434 e. The Morgan fingerprint density at radius 1 is 1.17 bits per heavy atom. The van der Waals surface area contributed by atoms with E-state index in [0.29, 0.717) is 6.42 Å². The lowest BCUT2D eigenvalue weighted by atomic mass is 10.3. The Hall–Kier alpha value is -3.16. The first-order valence-corrected chi connectivity index (χ1v) is 7.39. The number of anilines is 1. The molecule has 0 amide bonds. The van der Waals surface area contributed by atoms with Gasteiger partial charge in [0, 0.05) is 24.9 Å². The van der Waals surface area contributed by atoms with E-state index in [9.17, 15) is 14.9 Å².